The zero-order valence-corrected chi connectivity index (χ0v) is 10.9. The van der Waals surface area contributed by atoms with Gasteiger partial charge in [0.1, 0.15) is 5.75 Å². The summed E-state index contributed by atoms with van der Waals surface area (Å²) in [6.07, 6.45) is 1.01. The van der Waals surface area contributed by atoms with E-state index >= 15 is 0 Å². The molecule has 96 valence electrons. The molecule has 2 aromatic carbocycles. The Morgan fingerprint density at radius 2 is 1.78 bits per heavy atom. The molecule has 0 aliphatic rings. The van der Waals surface area contributed by atoms with E-state index in [0.29, 0.717) is 6.73 Å². The minimum Gasteiger partial charge on any atom is -0.497 e. The van der Waals surface area contributed by atoms with Gasteiger partial charge in [-0.2, -0.15) is 0 Å². The van der Waals surface area contributed by atoms with Crippen LogP contribution >= 0.6 is 0 Å². The predicted molar refractivity (Wildman–Crippen MR) is 74.1 cm³/mol. The minimum atomic E-state index is 0.602. The zero-order chi connectivity index (χ0) is 12.8. The molecule has 0 aliphatic heterocycles. The van der Waals surface area contributed by atoms with Crippen molar-refractivity contribution in [2.75, 3.05) is 27.5 Å². The van der Waals surface area contributed by atoms with Crippen molar-refractivity contribution in [1.82, 2.24) is 5.32 Å². The van der Waals surface area contributed by atoms with E-state index in [-0.39, 0.29) is 0 Å². The van der Waals surface area contributed by atoms with Gasteiger partial charge in [-0.25, -0.2) is 0 Å². The van der Waals surface area contributed by atoms with Crippen LogP contribution in [0.25, 0.3) is 10.8 Å². The fourth-order valence-corrected chi connectivity index (χ4v) is 1.96. The summed E-state index contributed by atoms with van der Waals surface area (Å²) >= 11 is 0. The summed E-state index contributed by atoms with van der Waals surface area (Å²) in [5, 5.41) is 5.67. The summed E-state index contributed by atoms with van der Waals surface area (Å²) in [5.74, 6) is 0.900. The maximum Gasteiger partial charge on any atom is 0.119 e. The average molecular weight is 245 g/mol. The predicted octanol–water partition coefficient (Wildman–Crippen LogP) is 2.58. The van der Waals surface area contributed by atoms with Crippen molar-refractivity contribution < 1.29 is 9.47 Å². The lowest BCUT2D eigenvalue weighted by Crippen LogP contribution is -2.19. The van der Waals surface area contributed by atoms with Gasteiger partial charge in [-0.15, -0.1) is 0 Å². The molecule has 1 N–H and O–H groups in total. The van der Waals surface area contributed by atoms with E-state index in [9.17, 15) is 0 Å². The molecular formula is C15H19NO2. The van der Waals surface area contributed by atoms with Crippen LogP contribution < -0.4 is 10.1 Å². The van der Waals surface area contributed by atoms with Crippen molar-refractivity contribution in [3.8, 4) is 5.75 Å². The molecule has 0 amide bonds. The van der Waals surface area contributed by atoms with Crippen LogP contribution in [0.2, 0.25) is 0 Å². The van der Waals surface area contributed by atoms with Gasteiger partial charge in [0, 0.05) is 13.7 Å². The van der Waals surface area contributed by atoms with Crippen molar-refractivity contribution in [3.05, 3.63) is 42.0 Å². The zero-order valence-electron chi connectivity index (χ0n) is 10.9. The first-order valence-electron chi connectivity index (χ1n) is 6.10. The number of benzene rings is 2. The van der Waals surface area contributed by atoms with E-state index in [1.165, 1.54) is 16.3 Å². The second kappa shape index (κ2) is 6.38. The number of nitrogens with one attached hydrogen (secondary N) is 1. The first-order valence-corrected chi connectivity index (χ1v) is 6.10. The summed E-state index contributed by atoms with van der Waals surface area (Å²) < 4.78 is 10.2. The Hall–Kier alpha value is -1.58. The molecule has 3 heteroatoms. The van der Waals surface area contributed by atoms with E-state index in [2.05, 4.69) is 35.6 Å². The second-order valence-corrected chi connectivity index (χ2v) is 4.23. The highest BCUT2D eigenvalue weighted by molar-refractivity contribution is 5.84. The van der Waals surface area contributed by atoms with Crippen molar-refractivity contribution >= 4 is 10.8 Å². The van der Waals surface area contributed by atoms with Crippen LogP contribution in [0, 0.1) is 0 Å². The Morgan fingerprint density at radius 3 is 2.56 bits per heavy atom. The summed E-state index contributed by atoms with van der Waals surface area (Å²) in [6.45, 7) is 1.53. The number of hydrogen-bond acceptors (Lipinski definition) is 3. The SMILES string of the molecule is COCNCCc1ccc2cc(OC)ccc2c1. The van der Waals surface area contributed by atoms with Gasteiger partial charge in [0.15, 0.2) is 0 Å². The molecule has 2 rings (SSSR count). The third-order valence-corrected chi connectivity index (χ3v) is 2.95. The maximum absolute atomic E-state index is 5.22. The number of hydrogen-bond donors (Lipinski definition) is 1. The Morgan fingerprint density at radius 1 is 1.00 bits per heavy atom. The largest absolute Gasteiger partial charge is 0.497 e. The minimum absolute atomic E-state index is 0.602. The van der Waals surface area contributed by atoms with Crippen LogP contribution in [0.3, 0.4) is 0 Å². The van der Waals surface area contributed by atoms with Gasteiger partial charge < -0.3 is 9.47 Å². The Kier molecular flexibility index (Phi) is 4.56. The normalized spacial score (nSPS) is 10.8. The Bertz CT molecular complexity index is 511. The van der Waals surface area contributed by atoms with Crippen LogP contribution in [-0.2, 0) is 11.2 Å². The van der Waals surface area contributed by atoms with Crippen molar-refractivity contribution in [1.29, 1.82) is 0 Å². The van der Waals surface area contributed by atoms with Gasteiger partial charge in [0.05, 0.1) is 13.8 Å². The van der Waals surface area contributed by atoms with Crippen molar-refractivity contribution in [2.45, 2.75) is 6.42 Å². The van der Waals surface area contributed by atoms with Gasteiger partial charge in [0.25, 0.3) is 0 Å². The molecule has 3 nitrogen and oxygen atoms in total. The van der Waals surface area contributed by atoms with E-state index in [4.69, 9.17) is 9.47 Å². The monoisotopic (exact) mass is 245 g/mol. The molecule has 0 heterocycles. The van der Waals surface area contributed by atoms with E-state index < -0.39 is 0 Å². The molecule has 2 aromatic rings. The fraction of sp³-hybridized carbons (Fsp3) is 0.333. The molecule has 0 unspecified atom stereocenters. The van der Waals surface area contributed by atoms with E-state index in [1.807, 2.05) is 6.07 Å². The van der Waals surface area contributed by atoms with Crippen LogP contribution in [-0.4, -0.2) is 27.5 Å². The number of methoxy groups -OCH3 is 2. The van der Waals surface area contributed by atoms with Gasteiger partial charge in [-0.3, -0.25) is 5.32 Å². The van der Waals surface area contributed by atoms with Crippen LogP contribution in [0.4, 0.5) is 0 Å². The number of fused-ring (bicyclic) bond motifs is 1. The summed E-state index contributed by atoms with van der Waals surface area (Å²) in [7, 11) is 3.38. The van der Waals surface area contributed by atoms with Crippen molar-refractivity contribution in [2.24, 2.45) is 0 Å². The molecule has 0 atom stereocenters. The van der Waals surface area contributed by atoms with Gasteiger partial charge in [-0.1, -0.05) is 24.3 Å². The van der Waals surface area contributed by atoms with Crippen molar-refractivity contribution in [3.63, 3.8) is 0 Å². The number of rotatable bonds is 6. The quantitative estimate of drug-likeness (QED) is 0.627. The molecule has 0 fully saturated rings. The first-order chi connectivity index (χ1) is 8.83. The molecule has 0 aliphatic carbocycles. The molecule has 0 radical (unpaired) electrons. The Balaban J connectivity index is 2.08. The molecular weight excluding hydrogens is 226 g/mol. The van der Waals surface area contributed by atoms with E-state index in [1.54, 1.807) is 14.2 Å². The average Bonchev–Trinajstić information content (AvgIpc) is 2.43. The molecule has 0 spiro atoms. The van der Waals surface area contributed by atoms with Gasteiger partial charge >= 0.3 is 0 Å². The molecule has 0 saturated heterocycles. The molecule has 0 bridgehead atoms. The summed E-state index contributed by atoms with van der Waals surface area (Å²) in [6, 6.07) is 12.7. The lowest BCUT2D eigenvalue weighted by Gasteiger charge is -2.06. The third-order valence-electron chi connectivity index (χ3n) is 2.95. The topological polar surface area (TPSA) is 30.5 Å². The highest BCUT2D eigenvalue weighted by Gasteiger charge is 1.99. The highest BCUT2D eigenvalue weighted by atomic mass is 16.5. The third kappa shape index (κ3) is 3.22. The lowest BCUT2D eigenvalue weighted by atomic mass is 10.0. The first kappa shape index (κ1) is 12.9. The lowest BCUT2D eigenvalue weighted by molar-refractivity contribution is 0.176. The summed E-state index contributed by atoms with van der Waals surface area (Å²) in [4.78, 5) is 0. The second-order valence-electron chi connectivity index (χ2n) is 4.23. The maximum atomic E-state index is 5.22. The molecule has 0 aromatic heterocycles. The number of ether oxygens (including phenoxy) is 2. The smallest absolute Gasteiger partial charge is 0.119 e. The summed E-state index contributed by atoms with van der Waals surface area (Å²) in [5.41, 5.74) is 1.33. The van der Waals surface area contributed by atoms with Crippen LogP contribution in [0.15, 0.2) is 36.4 Å². The van der Waals surface area contributed by atoms with Gasteiger partial charge in [-0.05, 0) is 34.9 Å². The molecule has 18 heavy (non-hydrogen) atoms. The van der Waals surface area contributed by atoms with Crippen LogP contribution in [0.1, 0.15) is 5.56 Å². The molecule has 0 saturated carbocycles. The van der Waals surface area contributed by atoms with Crippen LogP contribution in [0.5, 0.6) is 5.75 Å². The fourth-order valence-electron chi connectivity index (χ4n) is 1.96. The Labute approximate surface area is 108 Å². The van der Waals surface area contributed by atoms with Gasteiger partial charge in [0.2, 0.25) is 0 Å². The van der Waals surface area contributed by atoms with E-state index in [0.717, 1.165) is 18.7 Å². The standard InChI is InChI=1S/C15H19NO2/c1-17-11-16-8-7-12-3-4-14-10-15(18-2)6-5-13(14)9-12/h3-6,9-10,16H,7-8,11H2,1-2H3. The highest BCUT2D eigenvalue weighted by Crippen LogP contribution is 2.21.